The molecule has 1 saturated heterocycles. The molecule has 5 heteroatoms. The molecule has 1 atom stereocenters. The fourth-order valence-electron chi connectivity index (χ4n) is 2.48. The highest BCUT2D eigenvalue weighted by Gasteiger charge is 2.21. The van der Waals surface area contributed by atoms with Crippen LogP contribution in [0.1, 0.15) is 19.8 Å². The molecule has 1 aromatic rings. The third kappa shape index (κ3) is 3.71. The lowest BCUT2D eigenvalue weighted by atomic mass is 10.2. The zero-order chi connectivity index (χ0) is 14.4. The Morgan fingerprint density at radius 1 is 1.45 bits per heavy atom. The summed E-state index contributed by atoms with van der Waals surface area (Å²) in [6, 6.07) is 7.69. The standard InChI is InChI=1S/C15H23N3O2/c1-2-18(10-11-19)13-7-5-12(6-8-13)17-15(20)14-4-3-9-16-14/h5-8,14,16,19H,2-4,9-11H2,1H3,(H,17,20). The molecule has 0 radical (unpaired) electrons. The predicted molar refractivity (Wildman–Crippen MR) is 81.1 cm³/mol. The number of rotatable bonds is 6. The molecule has 1 aromatic carbocycles. The summed E-state index contributed by atoms with van der Waals surface area (Å²) in [4.78, 5) is 14.1. The Balaban J connectivity index is 1.95. The van der Waals surface area contributed by atoms with Crippen molar-refractivity contribution in [2.24, 2.45) is 0 Å². The number of benzene rings is 1. The third-order valence-electron chi connectivity index (χ3n) is 3.63. The number of hydrogen-bond donors (Lipinski definition) is 3. The number of anilines is 2. The maximum atomic E-state index is 12.0. The monoisotopic (exact) mass is 277 g/mol. The molecule has 0 bridgehead atoms. The summed E-state index contributed by atoms with van der Waals surface area (Å²) < 4.78 is 0. The summed E-state index contributed by atoms with van der Waals surface area (Å²) in [5.41, 5.74) is 1.87. The molecule has 0 saturated carbocycles. The zero-order valence-corrected chi connectivity index (χ0v) is 11.9. The van der Waals surface area contributed by atoms with Gasteiger partial charge in [0, 0.05) is 24.5 Å². The molecule has 1 aliphatic rings. The number of hydrogen-bond acceptors (Lipinski definition) is 4. The van der Waals surface area contributed by atoms with E-state index >= 15 is 0 Å². The highest BCUT2D eigenvalue weighted by molar-refractivity contribution is 5.95. The van der Waals surface area contributed by atoms with Crippen molar-refractivity contribution < 1.29 is 9.90 Å². The molecule has 3 N–H and O–H groups in total. The summed E-state index contributed by atoms with van der Waals surface area (Å²) in [6.45, 7) is 4.58. The number of carbonyl (C=O) groups is 1. The maximum Gasteiger partial charge on any atom is 0.241 e. The summed E-state index contributed by atoms with van der Waals surface area (Å²) >= 11 is 0. The summed E-state index contributed by atoms with van der Waals surface area (Å²) in [6.07, 6.45) is 1.97. The molecule has 110 valence electrons. The van der Waals surface area contributed by atoms with E-state index in [4.69, 9.17) is 5.11 Å². The molecule has 1 heterocycles. The molecule has 0 aromatic heterocycles. The largest absolute Gasteiger partial charge is 0.395 e. The Bertz CT molecular complexity index is 427. The van der Waals surface area contributed by atoms with Crippen LogP contribution in [0, 0.1) is 0 Å². The van der Waals surface area contributed by atoms with Crippen LogP contribution in [0.25, 0.3) is 0 Å². The highest BCUT2D eigenvalue weighted by atomic mass is 16.3. The fourth-order valence-corrected chi connectivity index (χ4v) is 2.48. The van der Waals surface area contributed by atoms with E-state index in [9.17, 15) is 4.79 Å². The number of aliphatic hydroxyl groups is 1. The van der Waals surface area contributed by atoms with Crippen molar-refractivity contribution in [1.29, 1.82) is 0 Å². The van der Waals surface area contributed by atoms with Crippen LogP contribution in [0.5, 0.6) is 0 Å². The predicted octanol–water partition coefficient (Wildman–Crippen LogP) is 1.20. The van der Waals surface area contributed by atoms with Crippen LogP contribution < -0.4 is 15.5 Å². The third-order valence-corrected chi connectivity index (χ3v) is 3.63. The minimum atomic E-state index is -0.0591. The van der Waals surface area contributed by atoms with Gasteiger partial charge in [0.05, 0.1) is 12.6 Å². The molecule has 1 fully saturated rings. The molecule has 1 aliphatic heterocycles. The Morgan fingerprint density at radius 3 is 2.75 bits per heavy atom. The zero-order valence-electron chi connectivity index (χ0n) is 11.9. The van der Waals surface area contributed by atoms with E-state index in [0.29, 0.717) is 6.54 Å². The molecular weight excluding hydrogens is 254 g/mol. The van der Waals surface area contributed by atoms with Crippen molar-refractivity contribution in [2.75, 3.05) is 36.5 Å². The first-order chi connectivity index (χ1) is 9.74. The SMILES string of the molecule is CCN(CCO)c1ccc(NC(=O)C2CCCN2)cc1. The Kier molecular flexibility index (Phi) is 5.38. The summed E-state index contributed by atoms with van der Waals surface area (Å²) in [5.74, 6) is 0.0398. The maximum absolute atomic E-state index is 12.0. The van der Waals surface area contributed by atoms with Crippen molar-refractivity contribution in [3.8, 4) is 0 Å². The second-order valence-corrected chi connectivity index (χ2v) is 4.99. The second-order valence-electron chi connectivity index (χ2n) is 4.99. The number of amides is 1. The molecular formula is C15H23N3O2. The van der Waals surface area contributed by atoms with Gasteiger partial charge in [-0.1, -0.05) is 0 Å². The van der Waals surface area contributed by atoms with Crippen LogP contribution >= 0.6 is 0 Å². The lowest BCUT2D eigenvalue weighted by molar-refractivity contribution is -0.117. The molecule has 1 unspecified atom stereocenters. The number of nitrogens with zero attached hydrogens (tertiary/aromatic N) is 1. The van der Waals surface area contributed by atoms with Crippen LogP contribution in [-0.4, -0.2) is 43.3 Å². The van der Waals surface area contributed by atoms with Crippen LogP contribution in [0.3, 0.4) is 0 Å². The van der Waals surface area contributed by atoms with Crippen molar-refractivity contribution in [3.05, 3.63) is 24.3 Å². The minimum Gasteiger partial charge on any atom is -0.395 e. The Morgan fingerprint density at radius 2 is 2.20 bits per heavy atom. The van der Waals surface area contributed by atoms with Gasteiger partial charge in [-0.2, -0.15) is 0 Å². The topological polar surface area (TPSA) is 64.6 Å². The Hall–Kier alpha value is -1.59. The van der Waals surface area contributed by atoms with Gasteiger partial charge in [0.2, 0.25) is 5.91 Å². The number of aliphatic hydroxyl groups excluding tert-OH is 1. The summed E-state index contributed by atoms with van der Waals surface area (Å²) in [7, 11) is 0. The average molecular weight is 277 g/mol. The average Bonchev–Trinajstić information content (AvgIpc) is 3.00. The first-order valence-electron chi connectivity index (χ1n) is 7.24. The van der Waals surface area contributed by atoms with Crippen LogP contribution in [0.15, 0.2) is 24.3 Å². The molecule has 5 nitrogen and oxygen atoms in total. The number of nitrogens with one attached hydrogen (secondary N) is 2. The van der Waals surface area contributed by atoms with Crippen molar-refractivity contribution in [1.82, 2.24) is 5.32 Å². The lowest BCUT2D eigenvalue weighted by Gasteiger charge is -2.22. The molecule has 2 rings (SSSR count). The molecule has 1 amide bonds. The van der Waals surface area contributed by atoms with Gasteiger partial charge in [0.1, 0.15) is 0 Å². The van der Waals surface area contributed by atoms with Crippen LogP contribution in [-0.2, 0) is 4.79 Å². The van der Waals surface area contributed by atoms with E-state index in [0.717, 1.165) is 37.3 Å². The van der Waals surface area contributed by atoms with Crippen molar-refractivity contribution >= 4 is 17.3 Å². The van der Waals surface area contributed by atoms with E-state index in [-0.39, 0.29) is 18.6 Å². The van der Waals surface area contributed by atoms with Gasteiger partial charge in [0.15, 0.2) is 0 Å². The fraction of sp³-hybridized carbons (Fsp3) is 0.533. The smallest absolute Gasteiger partial charge is 0.241 e. The van der Waals surface area contributed by atoms with Crippen LogP contribution in [0.4, 0.5) is 11.4 Å². The van der Waals surface area contributed by atoms with E-state index < -0.39 is 0 Å². The first-order valence-corrected chi connectivity index (χ1v) is 7.24. The van der Waals surface area contributed by atoms with E-state index in [1.54, 1.807) is 0 Å². The molecule has 0 spiro atoms. The molecule has 0 aliphatic carbocycles. The second kappa shape index (κ2) is 7.26. The number of carbonyl (C=O) groups excluding carboxylic acids is 1. The summed E-state index contributed by atoms with van der Waals surface area (Å²) in [5, 5.41) is 15.1. The van der Waals surface area contributed by atoms with Crippen LogP contribution in [0.2, 0.25) is 0 Å². The van der Waals surface area contributed by atoms with Gasteiger partial charge in [-0.05, 0) is 50.6 Å². The quantitative estimate of drug-likeness (QED) is 0.731. The van der Waals surface area contributed by atoms with Gasteiger partial charge in [-0.15, -0.1) is 0 Å². The van der Waals surface area contributed by atoms with Gasteiger partial charge in [-0.25, -0.2) is 0 Å². The lowest BCUT2D eigenvalue weighted by Crippen LogP contribution is -2.35. The highest BCUT2D eigenvalue weighted by Crippen LogP contribution is 2.18. The normalized spacial score (nSPS) is 18.0. The minimum absolute atomic E-state index is 0.0398. The van der Waals surface area contributed by atoms with Crippen molar-refractivity contribution in [2.45, 2.75) is 25.8 Å². The van der Waals surface area contributed by atoms with Gasteiger partial charge in [0.25, 0.3) is 0 Å². The van der Waals surface area contributed by atoms with Gasteiger partial charge >= 0.3 is 0 Å². The van der Waals surface area contributed by atoms with Gasteiger partial charge < -0.3 is 20.6 Å². The molecule has 20 heavy (non-hydrogen) atoms. The van der Waals surface area contributed by atoms with Crippen molar-refractivity contribution in [3.63, 3.8) is 0 Å². The first kappa shape index (κ1) is 14.8. The van der Waals surface area contributed by atoms with E-state index in [1.165, 1.54) is 0 Å². The van der Waals surface area contributed by atoms with Gasteiger partial charge in [-0.3, -0.25) is 4.79 Å². The Labute approximate surface area is 120 Å². The number of likely N-dealkylation sites (N-methyl/N-ethyl adjacent to an activating group) is 1. The van der Waals surface area contributed by atoms with E-state index in [2.05, 4.69) is 22.5 Å². The van der Waals surface area contributed by atoms with E-state index in [1.807, 2.05) is 24.3 Å².